The number of nitrogens with one attached hydrogen (secondary N) is 1. The van der Waals surface area contributed by atoms with Crippen molar-refractivity contribution in [3.05, 3.63) is 65.9 Å². The Morgan fingerprint density at radius 2 is 2.00 bits per heavy atom. The predicted molar refractivity (Wildman–Crippen MR) is 140 cm³/mol. The fraction of sp³-hybridized carbons (Fsp3) is 0.200. The summed E-state index contributed by atoms with van der Waals surface area (Å²) in [6.45, 7) is 2.40. The zero-order valence-corrected chi connectivity index (χ0v) is 21.7. The van der Waals surface area contributed by atoms with Crippen molar-refractivity contribution in [2.75, 3.05) is 24.8 Å². The van der Waals surface area contributed by atoms with E-state index in [1.54, 1.807) is 13.2 Å². The van der Waals surface area contributed by atoms with E-state index in [9.17, 15) is 18.5 Å². The second-order valence-electron chi connectivity index (χ2n) is 7.73. The van der Waals surface area contributed by atoms with Crippen molar-refractivity contribution in [3.63, 3.8) is 0 Å². The average Bonchev–Trinajstić information content (AvgIpc) is 3.53. The molecule has 12 heteroatoms. The summed E-state index contributed by atoms with van der Waals surface area (Å²) in [5, 5.41) is 12.6. The monoisotopic (exact) mass is 537 g/mol. The first-order valence-electron chi connectivity index (χ1n) is 11.2. The number of fused-ring (bicyclic) bond motifs is 1. The summed E-state index contributed by atoms with van der Waals surface area (Å²) in [5.74, 6) is 0.522. The van der Waals surface area contributed by atoms with Crippen LogP contribution in [0.3, 0.4) is 0 Å². The van der Waals surface area contributed by atoms with Gasteiger partial charge in [-0.2, -0.15) is 14.6 Å². The van der Waals surface area contributed by atoms with Gasteiger partial charge in [-0.25, -0.2) is 8.42 Å². The van der Waals surface area contributed by atoms with E-state index >= 15 is 0 Å². The standard InChI is InChI=1S/C25H23N5O5S2/c1-3-37(32,33)25-28-24(36-29-25)27-23(31)17(15-26)13-18-16-30(22-10-5-4-9-21(18)22)11-12-35-20-8-6-7-19(14-20)34-2/h4-10,13-14,16H,3,11-12H2,1-2H3,(H,27,28,29,31)/b17-13-. The highest BCUT2D eigenvalue weighted by atomic mass is 32.2. The highest BCUT2D eigenvalue weighted by molar-refractivity contribution is 7.91. The Bertz CT molecular complexity index is 1620. The number of anilines is 1. The third kappa shape index (κ3) is 5.96. The van der Waals surface area contributed by atoms with Gasteiger partial charge in [0, 0.05) is 40.3 Å². The van der Waals surface area contributed by atoms with Crippen LogP contribution in [0.2, 0.25) is 0 Å². The molecule has 2 aromatic carbocycles. The number of aromatic nitrogens is 3. The number of para-hydroxylation sites is 1. The number of benzene rings is 2. The largest absolute Gasteiger partial charge is 0.497 e. The van der Waals surface area contributed by atoms with Crippen LogP contribution in [0.15, 0.2) is 65.5 Å². The molecular formula is C25H23N5O5S2. The number of methoxy groups -OCH3 is 1. The molecule has 0 unspecified atom stereocenters. The van der Waals surface area contributed by atoms with E-state index in [-0.39, 0.29) is 21.6 Å². The summed E-state index contributed by atoms with van der Waals surface area (Å²) >= 11 is 0.736. The molecule has 4 rings (SSSR count). The lowest BCUT2D eigenvalue weighted by Gasteiger charge is -2.09. The summed E-state index contributed by atoms with van der Waals surface area (Å²) in [6.07, 6.45) is 3.34. The fourth-order valence-corrected chi connectivity index (χ4v) is 5.10. The second-order valence-corrected chi connectivity index (χ2v) is 10.7. The fourth-order valence-electron chi connectivity index (χ4n) is 3.51. The van der Waals surface area contributed by atoms with Crippen molar-refractivity contribution < 1.29 is 22.7 Å². The zero-order chi connectivity index (χ0) is 26.4. The van der Waals surface area contributed by atoms with Crippen LogP contribution in [0, 0.1) is 11.3 Å². The maximum atomic E-state index is 12.8. The van der Waals surface area contributed by atoms with E-state index in [0.717, 1.165) is 22.4 Å². The lowest BCUT2D eigenvalue weighted by Crippen LogP contribution is -2.13. The lowest BCUT2D eigenvalue weighted by atomic mass is 10.1. The lowest BCUT2D eigenvalue weighted by molar-refractivity contribution is -0.112. The molecule has 0 aliphatic heterocycles. The molecule has 0 saturated heterocycles. The van der Waals surface area contributed by atoms with Crippen molar-refractivity contribution in [2.45, 2.75) is 18.6 Å². The third-order valence-electron chi connectivity index (χ3n) is 5.41. The van der Waals surface area contributed by atoms with Gasteiger partial charge in [0.25, 0.3) is 11.1 Å². The minimum atomic E-state index is -3.60. The number of rotatable bonds is 10. The number of ether oxygens (including phenoxy) is 2. The molecule has 190 valence electrons. The first-order valence-corrected chi connectivity index (χ1v) is 13.6. The Hall–Kier alpha value is -4.21. The Balaban J connectivity index is 1.53. The number of hydrogen-bond donors (Lipinski definition) is 1. The molecular weight excluding hydrogens is 514 g/mol. The van der Waals surface area contributed by atoms with Crippen molar-refractivity contribution in [2.24, 2.45) is 0 Å². The van der Waals surface area contributed by atoms with Gasteiger partial charge in [0.2, 0.25) is 15.0 Å². The van der Waals surface area contributed by atoms with Crippen LogP contribution < -0.4 is 14.8 Å². The Morgan fingerprint density at radius 3 is 2.76 bits per heavy atom. The first-order chi connectivity index (χ1) is 17.8. The van der Waals surface area contributed by atoms with Crippen LogP contribution in [-0.2, 0) is 21.2 Å². The van der Waals surface area contributed by atoms with Crippen LogP contribution >= 0.6 is 11.5 Å². The number of nitrogens with zero attached hydrogens (tertiary/aromatic N) is 4. The molecule has 2 aromatic heterocycles. The molecule has 0 bridgehead atoms. The quantitative estimate of drug-likeness (QED) is 0.237. The number of carbonyl (C=O) groups is 1. The summed E-state index contributed by atoms with van der Waals surface area (Å²) in [6, 6.07) is 16.9. The van der Waals surface area contributed by atoms with Crippen LogP contribution in [-0.4, -0.2) is 47.7 Å². The molecule has 0 spiro atoms. The summed E-state index contributed by atoms with van der Waals surface area (Å²) in [4.78, 5) is 16.6. The predicted octanol–water partition coefficient (Wildman–Crippen LogP) is 3.92. The maximum absolute atomic E-state index is 12.8. The van der Waals surface area contributed by atoms with Gasteiger partial charge in [-0.05, 0) is 24.3 Å². The maximum Gasteiger partial charge on any atom is 0.268 e. The van der Waals surface area contributed by atoms with Gasteiger partial charge in [0.1, 0.15) is 29.7 Å². The molecule has 0 atom stereocenters. The van der Waals surface area contributed by atoms with Crippen molar-refractivity contribution in [3.8, 4) is 17.6 Å². The van der Waals surface area contributed by atoms with Crippen LogP contribution in [0.5, 0.6) is 11.5 Å². The molecule has 0 fully saturated rings. The smallest absolute Gasteiger partial charge is 0.268 e. The van der Waals surface area contributed by atoms with Crippen molar-refractivity contribution in [1.29, 1.82) is 5.26 Å². The number of hydrogen-bond acceptors (Lipinski definition) is 9. The van der Waals surface area contributed by atoms with Gasteiger partial charge in [-0.1, -0.05) is 31.2 Å². The zero-order valence-electron chi connectivity index (χ0n) is 20.0. The molecule has 0 aliphatic rings. The Labute approximate surface area is 217 Å². The molecule has 0 radical (unpaired) electrons. The van der Waals surface area contributed by atoms with E-state index in [4.69, 9.17) is 9.47 Å². The summed E-state index contributed by atoms with van der Waals surface area (Å²) in [7, 11) is -2.01. The topological polar surface area (TPSA) is 136 Å². The molecule has 2 heterocycles. The van der Waals surface area contributed by atoms with Gasteiger partial charge >= 0.3 is 0 Å². The number of nitriles is 1. The normalized spacial score (nSPS) is 11.8. The minimum Gasteiger partial charge on any atom is -0.497 e. The highest BCUT2D eigenvalue weighted by Crippen LogP contribution is 2.25. The van der Waals surface area contributed by atoms with Gasteiger partial charge in [-0.3, -0.25) is 10.1 Å². The Morgan fingerprint density at radius 1 is 1.22 bits per heavy atom. The third-order valence-corrected chi connectivity index (χ3v) is 7.66. The van der Waals surface area contributed by atoms with Crippen LogP contribution in [0.25, 0.3) is 17.0 Å². The second kappa shape index (κ2) is 11.2. The molecule has 0 saturated carbocycles. The minimum absolute atomic E-state index is 0.00436. The van der Waals surface area contributed by atoms with Gasteiger partial charge < -0.3 is 14.0 Å². The van der Waals surface area contributed by atoms with Crippen molar-refractivity contribution in [1.82, 2.24) is 13.9 Å². The highest BCUT2D eigenvalue weighted by Gasteiger charge is 2.20. The van der Waals surface area contributed by atoms with Gasteiger partial charge in [-0.15, -0.1) is 0 Å². The first kappa shape index (κ1) is 25.9. The van der Waals surface area contributed by atoms with Crippen LogP contribution in [0.4, 0.5) is 5.13 Å². The molecule has 1 amide bonds. The van der Waals surface area contributed by atoms with Crippen LogP contribution in [0.1, 0.15) is 12.5 Å². The van der Waals surface area contributed by atoms with Gasteiger partial charge in [0.15, 0.2) is 0 Å². The molecule has 0 aliphatic carbocycles. The Kier molecular flexibility index (Phi) is 7.86. The number of amides is 1. The van der Waals surface area contributed by atoms with E-state index in [0.29, 0.717) is 30.2 Å². The van der Waals surface area contributed by atoms with E-state index in [1.165, 1.54) is 13.0 Å². The van der Waals surface area contributed by atoms with E-state index in [1.807, 2.05) is 59.3 Å². The molecule has 1 N–H and O–H groups in total. The summed E-state index contributed by atoms with van der Waals surface area (Å²) in [5.41, 5.74) is 1.43. The van der Waals surface area contributed by atoms with E-state index < -0.39 is 15.7 Å². The SMILES string of the molecule is CCS(=O)(=O)c1nsc(NC(=O)/C(C#N)=C\c2cn(CCOc3cccc(OC)c3)c3ccccc23)n1. The number of sulfone groups is 1. The molecule has 4 aromatic rings. The average molecular weight is 538 g/mol. The molecule has 10 nitrogen and oxygen atoms in total. The molecule has 37 heavy (non-hydrogen) atoms. The number of carbonyl (C=O) groups excluding carboxylic acids is 1. The summed E-state index contributed by atoms with van der Waals surface area (Å²) < 4.78 is 40.7. The van der Waals surface area contributed by atoms with Crippen molar-refractivity contribution >= 4 is 49.4 Å². The van der Waals surface area contributed by atoms with E-state index in [2.05, 4.69) is 14.7 Å². The van der Waals surface area contributed by atoms with Gasteiger partial charge in [0.05, 0.1) is 19.4 Å².